The third-order valence-corrected chi connectivity index (χ3v) is 5.69. The molecule has 0 bridgehead atoms. The molecule has 0 N–H and O–H groups in total. The van der Waals surface area contributed by atoms with E-state index in [2.05, 4.69) is 0 Å². The number of thiophene rings is 1. The number of para-hydroxylation sites is 1. The van der Waals surface area contributed by atoms with E-state index >= 15 is 0 Å². The lowest BCUT2D eigenvalue weighted by atomic mass is 10.1. The Morgan fingerprint density at radius 2 is 1.96 bits per heavy atom. The minimum Gasteiger partial charge on any atom is -0.376 e. The van der Waals surface area contributed by atoms with E-state index in [1.54, 1.807) is 0 Å². The normalized spacial score (nSPS) is 20.3. The zero-order chi connectivity index (χ0) is 18.1. The maximum atomic E-state index is 13.2. The van der Waals surface area contributed by atoms with Crippen LogP contribution in [0.4, 0.5) is 5.69 Å². The van der Waals surface area contributed by atoms with Gasteiger partial charge in [0.2, 0.25) is 0 Å². The summed E-state index contributed by atoms with van der Waals surface area (Å²) in [5, 5.41) is 1.92. The van der Waals surface area contributed by atoms with Gasteiger partial charge in [0.1, 0.15) is 5.70 Å². The fourth-order valence-electron chi connectivity index (χ4n) is 3.46. The van der Waals surface area contributed by atoms with E-state index in [-0.39, 0.29) is 17.9 Å². The maximum Gasteiger partial charge on any atom is 0.278 e. The van der Waals surface area contributed by atoms with Crippen LogP contribution in [0.3, 0.4) is 0 Å². The molecule has 2 aliphatic rings. The van der Waals surface area contributed by atoms with Crippen molar-refractivity contribution in [1.82, 2.24) is 4.90 Å². The van der Waals surface area contributed by atoms with E-state index in [1.165, 1.54) is 16.2 Å². The van der Waals surface area contributed by atoms with Crippen molar-refractivity contribution in [2.75, 3.05) is 25.1 Å². The molecule has 1 fully saturated rings. The second-order valence-electron chi connectivity index (χ2n) is 6.45. The fraction of sp³-hybridized carbons (Fsp3) is 0.300. The summed E-state index contributed by atoms with van der Waals surface area (Å²) in [7, 11) is 1.83. The quantitative estimate of drug-likeness (QED) is 0.761. The average molecular weight is 368 g/mol. The minimum absolute atomic E-state index is 0.0612. The summed E-state index contributed by atoms with van der Waals surface area (Å²) in [6, 6.07) is 13.4. The van der Waals surface area contributed by atoms with Crippen molar-refractivity contribution in [3.05, 3.63) is 58.4 Å². The SMILES string of the molecule is CN(C1=C(c2cccs2)C(=O)N(CC2CCCO2)C1=O)c1ccccc1. The van der Waals surface area contributed by atoms with Crippen LogP contribution in [-0.2, 0) is 14.3 Å². The third kappa shape index (κ3) is 2.95. The van der Waals surface area contributed by atoms with Gasteiger partial charge < -0.3 is 9.64 Å². The Kier molecular flexibility index (Phi) is 4.61. The maximum absolute atomic E-state index is 13.2. The number of benzene rings is 1. The summed E-state index contributed by atoms with van der Waals surface area (Å²) in [6.45, 7) is 1.02. The molecule has 1 aromatic carbocycles. The number of ether oxygens (including phenoxy) is 1. The number of carbonyl (C=O) groups excluding carboxylic acids is 2. The molecule has 4 rings (SSSR count). The van der Waals surface area contributed by atoms with Gasteiger partial charge in [-0.3, -0.25) is 14.5 Å². The van der Waals surface area contributed by atoms with E-state index in [0.717, 1.165) is 23.4 Å². The summed E-state index contributed by atoms with van der Waals surface area (Å²) < 4.78 is 5.64. The minimum atomic E-state index is -0.250. The van der Waals surface area contributed by atoms with E-state index in [0.29, 0.717) is 24.4 Å². The topological polar surface area (TPSA) is 49.9 Å². The van der Waals surface area contributed by atoms with Gasteiger partial charge in [-0.15, -0.1) is 11.3 Å². The summed E-state index contributed by atoms with van der Waals surface area (Å²) in [5.41, 5.74) is 1.78. The van der Waals surface area contributed by atoms with Gasteiger partial charge in [-0.2, -0.15) is 0 Å². The van der Waals surface area contributed by atoms with Gasteiger partial charge in [-0.25, -0.2) is 0 Å². The zero-order valence-corrected chi connectivity index (χ0v) is 15.4. The van der Waals surface area contributed by atoms with Crippen LogP contribution in [0.15, 0.2) is 53.5 Å². The van der Waals surface area contributed by atoms with Crippen LogP contribution in [0.25, 0.3) is 5.57 Å². The lowest BCUT2D eigenvalue weighted by Gasteiger charge is -2.22. The van der Waals surface area contributed by atoms with Gasteiger partial charge in [0.25, 0.3) is 11.8 Å². The summed E-state index contributed by atoms with van der Waals surface area (Å²) in [4.78, 5) is 30.3. The molecule has 26 heavy (non-hydrogen) atoms. The molecule has 1 aromatic heterocycles. The Hall–Kier alpha value is -2.44. The van der Waals surface area contributed by atoms with Gasteiger partial charge in [-0.05, 0) is 36.4 Å². The van der Waals surface area contributed by atoms with Crippen LogP contribution in [0.5, 0.6) is 0 Å². The first-order valence-electron chi connectivity index (χ1n) is 8.71. The highest BCUT2D eigenvalue weighted by molar-refractivity contribution is 7.11. The van der Waals surface area contributed by atoms with Crippen molar-refractivity contribution in [2.24, 2.45) is 0 Å². The second kappa shape index (κ2) is 7.05. The van der Waals surface area contributed by atoms with Gasteiger partial charge in [0, 0.05) is 24.2 Å². The molecule has 1 atom stereocenters. The van der Waals surface area contributed by atoms with Crippen LogP contribution < -0.4 is 4.90 Å². The Labute approximate surface area is 156 Å². The van der Waals surface area contributed by atoms with Crippen molar-refractivity contribution in [1.29, 1.82) is 0 Å². The highest BCUT2D eigenvalue weighted by Gasteiger charge is 2.42. The Balaban J connectivity index is 1.73. The van der Waals surface area contributed by atoms with Crippen molar-refractivity contribution in [3.63, 3.8) is 0 Å². The first-order valence-corrected chi connectivity index (χ1v) is 9.59. The fourth-order valence-corrected chi connectivity index (χ4v) is 4.22. The molecule has 3 heterocycles. The number of rotatable bonds is 5. The van der Waals surface area contributed by atoms with Gasteiger partial charge in [0.15, 0.2) is 0 Å². The lowest BCUT2D eigenvalue weighted by Crippen LogP contribution is -2.39. The van der Waals surface area contributed by atoms with Crippen molar-refractivity contribution in [3.8, 4) is 0 Å². The van der Waals surface area contributed by atoms with Gasteiger partial charge >= 0.3 is 0 Å². The highest BCUT2D eigenvalue weighted by Crippen LogP contribution is 2.35. The predicted molar refractivity (Wildman–Crippen MR) is 102 cm³/mol. The summed E-state index contributed by atoms with van der Waals surface area (Å²) in [5.74, 6) is -0.481. The Bertz CT molecular complexity index is 839. The summed E-state index contributed by atoms with van der Waals surface area (Å²) >= 11 is 1.47. The zero-order valence-electron chi connectivity index (χ0n) is 14.6. The van der Waals surface area contributed by atoms with Crippen LogP contribution in [0, 0.1) is 0 Å². The third-order valence-electron chi connectivity index (χ3n) is 4.80. The van der Waals surface area contributed by atoms with Crippen LogP contribution in [0.2, 0.25) is 0 Å². The van der Waals surface area contributed by atoms with Crippen LogP contribution in [0.1, 0.15) is 17.7 Å². The van der Waals surface area contributed by atoms with Gasteiger partial charge in [0.05, 0.1) is 18.2 Å². The van der Waals surface area contributed by atoms with Crippen LogP contribution >= 0.6 is 11.3 Å². The first-order chi connectivity index (χ1) is 12.7. The first kappa shape index (κ1) is 17.0. The number of anilines is 1. The van der Waals surface area contributed by atoms with Crippen molar-refractivity contribution in [2.45, 2.75) is 18.9 Å². The molecule has 0 radical (unpaired) electrons. The van der Waals surface area contributed by atoms with E-state index in [4.69, 9.17) is 4.74 Å². The Morgan fingerprint density at radius 1 is 1.15 bits per heavy atom. The largest absolute Gasteiger partial charge is 0.376 e. The second-order valence-corrected chi connectivity index (χ2v) is 7.40. The molecule has 0 aliphatic carbocycles. The summed E-state index contributed by atoms with van der Waals surface area (Å²) in [6.07, 6.45) is 1.80. The molecule has 2 aromatic rings. The van der Waals surface area contributed by atoms with E-state index in [9.17, 15) is 9.59 Å². The number of amides is 2. The highest BCUT2D eigenvalue weighted by atomic mass is 32.1. The number of carbonyl (C=O) groups is 2. The molecule has 1 saturated heterocycles. The average Bonchev–Trinajstić information content (AvgIpc) is 3.40. The van der Waals surface area contributed by atoms with E-state index in [1.807, 2.05) is 59.8 Å². The molecule has 0 spiro atoms. The number of hydrogen-bond donors (Lipinski definition) is 0. The lowest BCUT2D eigenvalue weighted by molar-refractivity contribution is -0.138. The standard InChI is InChI=1S/C20H20N2O3S/c1-21(14-7-3-2-4-8-14)18-17(16-10-6-12-26-16)19(23)22(20(18)24)13-15-9-5-11-25-15/h2-4,6-8,10,12,15H,5,9,11,13H2,1H3. The van der Waals surface area contributed by atoms with Crippen LogP contribution in [-0.4, -0.2) is 43.0 Å². The molecule has 134 valence electrons. The number of nitrogens with zero attached hydrogens (tertiary/aromatic N) is 2. The monoisotopic (exact) mass is 368 g/mol. The smallest absolute Gasteiger partial charge is 0.278 e. The molecular formula is C20H20N2O3S. The number of hydrogen-bond acceptors (Lipinski definition) is 5. The molecule has 2 amide bonds. The Morgan fingerprint density at radius 3 is 2.62 bits per heavy atom. The number of likely N-dealkylation sites (N-methyl/N-ethyl adjacent to an activating group) is 1. The predicted octanol–water partition coefficient (Wildman–Crippen LogP) is 3.14. The van der Waals surface area contributed by atoms with Crippen molar-refractivity contribution >= 4 is 34.4 Å². The molecule has 5 nitrogen and oxygen atoms in total. The molecular weight excluding hydrogens is 348 g/mol. The number of imide groups is 1. The molecule has 2 aliphatic heterocycles. The van der Waals surface area contributed by atoms with E-state index < -0.39 is 0 Å². The molecule has 6 heteroatoms. The van der Waals surface area contributed by atoms with Crippen molar-refractivity contribution < 1.29 is 14.3 Å². The van der Waals surface area contributed by atoms with Gasteiger partial charge in [-0.1, -0.05) is 24.3 Å². The molecule has 1 unspecified atom stereocenters. The molecule has 0 saturated carbocycles.